The van der Waals surface area contributed by atoms with Crippen molar-refractivity contribution in [1.29, 1.82) is 0 Å². The Morgan fingerprint density at radius 1 is 1.38 bits per heavy atom. The van der Waals surface area contributed by atoms with E-state index in [1.807, 2.05) is 24.3 Å². The number of carbonyl (C=O) groups is 1. The van der Waals surface area contributed by atoms with Crippen LogP contribution in [-0.2, 0) is 0 Å². The van der Waals surface area contributed by atoms with E-state index in [4.69, 9.17) is 5.73 Å². The van der Waals surface area contributed by atoms with Crippen LogP contribution in [0, 0.1) is 10.1 Å². The number of rotatable bonds is 6. The predicted octanol–water partition coefficient (Wildman–Crippen LogP) is 2.75. The molecule has 0 fully saturated rings. The summed E-state index contributed by atoms with van der Waals surface area (Å²) >= 11 is 0. The van der Waals surface area contributed by atoms with Crippen LogP contribution in [0.4, 0.5) is 11.5 Å². The number of pyridine rings is 1. The molecule has 2 N–H and O–H groups in total. The number of nitro groups is 1. The van der Waals surface area contributed by atoms with E-state index < -0.39 is 4.92 Å². The lowest BCUT2D eigenvalue weighted by molar-refractivity contribution is -0.384. The fourth-order valence-electron chi connectivity index (χ4n) is 2.11. The molecule has 1 aromatic heterocycles. The van der Waals surface area contributed by atoms with Gasteiger partial charge in [-0.2, -0.15) is 0 Å². The number of benzene rings is 1. The van der Waals surface area contributed by atoms with Crippen LogP contribution in [0.1, 0.15) is 22.3 Å². The number of nitrogens with two attached hydrogens (primary N) is 1. The summed E-state index contributed by atoms with van der Waals surface area (Å²) in [5, 5.41) is 10.8. The topological polar surface area (TPSA) is 102 Å². The molecule has 0 aliphatic rings. The largest absolute Gasteiger partial charge is 0.378 e. The number of aromatic nitrogens is 1. The van der Waals surface area contributed by atoms with Crippen molar-refractivity contribution in [2.75, 3.05) is 19.3 Å². The average Bonchev–Trinajstić information content (AvgIpc) is 2.59. The minimum atomic E-state index is -0.564. The highest BCUT2D eigenvalue weighted by atomic mass is 16.6. The van der Waals surface area contributed by atoms with Gasteiger partial charge in [0.05, 0.1) is 4.92 Å². The Morgan fingerprint density at radius 3 is 2.75 bits per heavy atom. The molecule has 0 aliphatic heterocycles. The molecule has 0 spiro atoms. The Bertz CT molecular complexity index is 760. The molecular weight excluding hydrogens is 308 g/mol. The van der Waals surface area contributed by atoms with Crippen molar-refractivity contribution in [3.05, 3.63) is 69.9 Å². The van der Waals surface area contributed by atoms with Gasteiger partial charge in [-0.15, -0.1) is 0 Å². The molecule has 7 nitrogen and oxygen atoms in total. The Kier molecular flexibility index (Phi) is 5.62. The molecule has 1 aromatic carbocycles. The zero-order valence-electron chi connectivity index (χ0n) is 13.3. The number of hydrogen-bond acceptors (Lipinski definition) is 5. The van der Waals surface area contributed by atoms with Gasteiger partial charge in [-0.1, -0.05) is 30.4 Å². The number of amides is 1. The SMILES string of the molecule is CN(CCC=Cc1cnc(N)c([N+](=O)[O-])c1)C(=O)c1ccccc1. The van der Waals surface area contributed by atoms with Crippen molar-refractivity contribution in [2.45, 2.75) is 6.42 Å². The van der Waals surface area contributed by atoms with Crippen LogP contribution in [-0.4, -0.2) is 34.3 Å². The van der Waals surface area contributed by atoms with Crippen LogP contribution in [0.15, 0.2) is 48.7 Å². The number of anilines is 1. The molecule has 0 saturated heterocycles. The number of carbonyl (C=O) groups excluding carboxylic acids is 1. The number of nitrogen functional groups attached to an aromatic ring is 1. The molecule has 0 atom stereocenters. The standard InChI is InChI=1S/C17H18N4O3/c1-20(17(22)14-8-3-2-4-9-14)10-6-5-7-13-11-15(21(23)24)16(18)19-12-13/h2-5,7-9,11-12H,6,10H2,1H3,(H2,18,19). The second-order valence-electron chi connectivity index (χ2n) is 5.21. The minimum absolute atomic E-state index is 0.0474. The molecule has 0 bridgehead atoms. The molecule has 1 heterocycles. The van der Waals surface area contributed by atoms with E-state index in [1.165, 1.54) is 12.3 Å². The average molecular weight is 326 g/mol. The van der Waals surface area contributed by atoms with Crippen molar-refractivity contribution < 1.29 is 9.72 Å². The molecule has 2 rings (SSSR count). The van der Waals surface area contributed by atoms with Crippen LogP contribution in [0.3, 0.4) is 0 Å². The Morgan fingerprint density at radius 2 is 2.08 bits per heavy atom. The molecule has 2 aromatic rings. The molecule has 7 heteroatoms. The quantitative estimate of drug-likeness (QED) is 0.649. The van der Waals surface area contributed by atoms with E-state index in [-0.39, 0.29) is 17.4 Å². The lowest BCUT2D eigenvalue weighted by Gasteiger charge is -2.16. The van der Waals surface area contributed by atoms with Gasteiger partial charge >= 0.3 is 5.69 Å². The third kappa shape index (κ3) is 4.39. The Hall–Kier alpha value is -3.22. The van der Waals surface area contributed by atoms with Gasteiger partial charge in [-0.3, -0.25) is 14.9 Å². The maximum atomic E-state index is 12.2. The third-order valence-electron chi connectivity index (χ3n) is 3.42. The van der Waals surface area contributed by atoms with Gasteiger partial charge in [0.15, 0.2) is 0 Å². The fraction of sp³-hybridized carbons (Fsp3) is 0.176. The first-order valence-corrected chi connectivity index (χ1v) is 7.36. The molecule has 0 aliphatic carbocycles. The summed E-state index contributed by atoms with van der Waals surface area (Å²) in [4.78, 5) is 27.9. The zero-order chi connectivity index (χ0) is 17.5. The van der Waals surface area contributed by atoms with E-state index >= 15 is 0 Å². The summed E-state index contributed by atoms with van der Waals surface area (Å²) in [6.07, 6.45) is 5.65. The summed E-state index contributed by atoms with van der Waals surface area (Å²) in [7, 11) is 1.73. The van der Waals surface area contributed by atoms with E-state index in [9.17, 15) is 14.9 Å². The Labute approximate surface area is 139 Å². The van der Waals surface area contributed by atoms with E-state index in [0.29, 0.717) is 24.1 Å². The van der Waals surface area contributed by atoms with Crippen molar-refractivity contribution in [3.8, 4) is 0 Å². The number of nitrogens with zero attached hydrogens (tertiary/aromatic N) is 3. The maximum Gasteiger partial charge on any atom is 0.311 e. The Balaban J connectivity index is 1.92. The predicted molar refractivity (Wildman–Crippen MR) is 92.4 cm³/mol. The lowest BCUT2D eigenvalue weighted by atomic mass is 10.2. The van der Waals surface area contributed by atoms with E-state index in [1.54, 1.807) is 30.2 Å². The first-order chi connectivity index (χ1) is 11.5. The minimum Gasteiger partial charge on any atom is -0.378 e. The van der Waals surface area contributed by atoms with E-state index in [2.05, 4.69) is 4.98 Å². The highest BCUT2D eigenvalue weighted by molar-refractivity contribution is 5.93. The van der Waals surface area contributed by atoms with Crippen molar-refractivity contribution in [1.82, 2.24) is 9.88 Å². The van der Waals surface area contributed by atoms with E-state index in [0.717, 1.165) is 0 Å². The van der Waals surface area contributed by atoms with Crippen LogP contribution in [0.2, 0.25) is 0 Å². The highest BCUT2D eigenvalue weighted by Crippen LogP contribution is 2.20. The van der Waals surface area contributed by atoms with Crippen molar-refractivity contribution in [2.24, 2.45) is 0 Å². The van der Waals surface area contributed by atoms with Crippen LogP contribution in [0.5, 0.6) is 0 Å². The van der Waals surface area contributed by atoms with Gasteiger partial charge in [0.1, 0.15) is 0 Å². The summed E-state index contributed by atoms with van der Waals surface area (Å²) in [6.45, 7) is 0.536. The highest BCUT2D eigenvalue weighted by Gasteiger charge is 2.12. The van der Waals surface area contributed by atoms with Crippen LogP contribution < -0.4 is 5.73 Å². The summed E-state index contributed by atoms with van der Waals surface area (Å²) in [6, 6.07) is 10.4. The molecular formula is C17H18N4O3. The molecule has 0 saturated carbocycles. The fourth-order valence-corrected chi connectivity index (χ4v) is 2.11. The smallest absolute Gasteiger partial charge is 0.311 e. The lowest BCUT2D eigenvalue weighted by Crippen LogP contribution is -2.27. The second-order valence-corrected chi connectivity index (χ2v) is 5.21. The van der Waals surface area contributed by atoms with Gasteiger partial charge in [-0.05, 0) is 24.1 Å². The van der Waals surface area contributed by atoms with Gasteiger partial charge in [0, 0.05) is 31.4 Å². The summed E-state index contributed by atoms with van der Waals surface area (Å²) in [5.41, 5.74) is 6.47. The zero-order valence-corrected chi connectivity index (χ0v) is 13.3. The number of hydrogen-bond donors (Lipinski definition) is 1. The van der Waals surface area contributed by atoms with Gasteiger partial charge in [-0.25, -0.2) is 4.98 Å². The van der Waals surface area contributed by atoms with Crippen LogP contribution in [0.25, 0.3) is 6.08 Å². The van der Waals surface area contributed by atoms with Gasteiger partial charge < -0.3 is 10.6 Å². The van der Waals surface area contributed by atoms with Crippen molar-refractivity contribution in [3.63, 3.8) is 0 Å². The molecule has 0 radical (unpaired) electrons. The molecule has 24 heavy (non-hydrogen) atoms. The third-order valence-corrected chi connectivity index (χ3v) is 3.42. The summed E-state index contributed by atoms with van der Waals surface area (Å²) in [5.74, 6) is -0.154. The molecule has 124 valence electrons. The molecule has 1 amide bonds. The monoisotopic (exact) mass is 326 g/mol. The molecule has 0 unspecified atom stereocenters. The van der Waals surface area contributed by atoms with Crippen molar-refractivity contribution >= 4 is 23.5 Å². The maximum absolute atomic E-state index is 12.2. The summed E-state index contributed by atoms with van der Waals surface area (Å²) < 4.78 is 0. The van der Waals surface area contributed by atoms with Gasteiger partial charge in [0.2, 0.25) is 5.82 Å². The normalized spacial score (nSPS) is 10.7. The van der Waals surface area contributed by atoms with Gasteiger partial charge in [0.25, 0.3) is 5.91 Å². The second kappa shape index (κ2) is 7.87. The van der Waals surface area contributed by atoms with Crippen LogP contribution >= 0.6 is 0 Å². The first-order valence-electron chi connectivity index (χ1n) is 7.36. The first kappa shape index (κ1) is 17.1.